The standard InChI is InChI=1S/C17H33NS/c1-2-3-4-5-6-7-8-9-10-11-12-13-14-15-17(19)16-18/h9-10H,2-8,11-16,18H2,1H3/b10-9-. The van der Waals surface area contributed by atoms with Gasteiger partial charge in [-0.1, -0.05) is 69.8 Å². The van der Waals surface area contributed by atoms with Gasteiger partial charge in [-0.2, -0.15) is 0 Å². The number of unbranched alkanes of at least 4 members (excludes halogenated alkanes) is 9. The minimum atomic E-state index is 0.577. The summed E-state index contributed by atoms with van der Waals surface area (Å²) in [6.07, 6.45) is 20.4. The van der Waals surface area contributed by atoms with Crippen molar-refractivity contribution in [1.29, 1.82) is 0 Å². The average molecular weight is 284 g/mol. The van der Waals surface area contributed by atoms with Crippen molar-refractivity contribution in [3.05, 3.63) is 12.2 Å². The van der Waals surface area contributed by atoms with Gasteiger partial charge in [0.1, 0.15) is 0 Å². The molecule has 0 bridgehead atoms. The lowest BCUT2D eigenvalue weighted by molar-refractivity contribution is 0.610. The van der Waals surface area contributed by atoms with E-state index in [0.717, 1.165) is 11.3 Å². The van der Waals surface area contributed by atoms with Crippen LogP contribution in [0.3, 0.4) is 0 Å². The molecule has 0 heterocycles. The van der Waals surface area contributed by atoms with Gasteiger partial charge in [-0.3, -0.25) is 0 Å². The third kappa shape index (κ3) is 15.7. The summed E-state index contributed by atoms with van der Waals surface area (Å²) in [5, 5.41) is 0. The molecule has 2 N–H and O–H groups in total. The van der Waals surface area contributed by atoms with Crippen molar-refractivity contribution < 1.29 is 0 Å². The highest BCUT2D eigenvalue weighted by atomic mass is 32.1. The predicted molar refractivity (Wildman–Crippen MR) is 91.9 cm³/mol. The van der Waals surface area contributed by atoms with Crippen molar-refractivity contribution >= 4 is 17.1 Å². The molecule has 0 atom stereocenters. The Morgan fingerprint density at radius 3 is 1.95 bits per heavy atom. The van der Waals surface area contributed by atoms with E-state index in [9.17, 15) is 0 Å². The fourth-order valence-corrected chi connectivity index (χ4v) is 2.29. The molecule has 0 aliphatic carbocycles. The van der Waals surface area contributed by atoms with Gasteiger partial charge in [0.15, 0.2) is 0 Å². The molecule has 0 aromatic rings. The third-order valence-corrected chi connectivity index (χ3v) is 3.82. The van der Waals surface area contributed by atoms with Gasteiger partial charge in [0.25, 0.3) is 0 Å². The minimum absolute atomic E-state index is 0.577. The first-order valence-corrected chi connectivity index (χ1v) is 8.58. The van der Waals surface area contributed by atoms with Gasteiger partial charge >= 0.3 is 0 Å². The Balaban J connectivity index is 3.11. The van der Waals surface area contributed by atoms with Crippen LogP contribution in [0.2, 0.25) is 0 Å². The van der Waals surface area contributed by atoms with Gasteiger partial charge in [0.05, 0.1) is 0 Å². The van der Waals surface area contributed by atoms with Crippen molar-refractivity contribution in [1.82, 2.24) is 0 Å². The molecule has 0 aromatic carbocycles. The second-order valence-electron chi connectivity index (χ2n) is 5.37. The lowest BCUT2D eigenvalue weighted by atomic mass is 10.1. The van der Waals surface area contributed by atoms with Gasteiger partial charge in [0, 0.05) is 11.4 Å². The van der Waals surface area contributed by atoms with E-state index in [1.165, 1.54) is 70.6 Å². The highest BCUT2D eigenvalue weighted by Crippen LogP contribution is 2.08. The van der Waals surface area contributed by atoms with Crippen LogP contribution in [0.4, 0.5) is 0 Å². The maximum atomic E-state index is 5.47. The molecule has 0 aliphatic heterocycles. The number of hydrogen-bond acceptors (Lipinski definition) is 2. The van der Waals surface area contributed by atoms with Crippen molar-refractivity contribution in [3.63, 3.8) is 0 Å². The zero-order chi connectivity index (χ0) is 14.2. The highest BCUT2D eigenvalue weighted by Gasteiger charge is 1.93. The smallest absolute Gasteiger partial charge is 0.0242 e. The van der Waals surface area contributed by atoms with Crippen molar-refractivity contribution in [2.24, 2.45) is 5.73 Å². The highest BCUT2D eigenvalue weighted by molar-refractivity contribution is 7.80. The number of thiocarbonyl (C=S) groups is 1. The summed E-state index contributed by atoms with van der Waals surface area (Å²) >= 11 is 5.10. The molecule has 0 saturated heterocycles. The van der Waals surface area contributed by atoms with Gasteiger partial charge in [-0.15, -0.1) is 0 Å². The van der Waals surface area contributed by atoms with Crippen LogP contribution in [-0.2, 0) is 0 Å². The van der Waals surface area contributed by atoms with Crippen LogP contribution in [0.15, 0.2) is 12.2 Å². The van der Waals surface area contributed by atoms with Crippen LogP contribution in [0.1, 0.15) is 84.0 Å². The van der Waals surface area contributed by atoms with Crippen LogP contribution in [0, 0.1) is 0 Å². The molecule has 0 unspecified atom stereocenters. The molecule has 0 amide bonds. The maximum absolute atomic E-state index is 5.47. The SMILES string of the molecule is CCCCCCCC/C=C\CCCCCC(=S)CN. The Morgan fingerprint density at radius 2 is 1.37 bits per heavy atom. The largest absolute Gasteiger partial charge is 0.326 e. The van der Waals surface area contributed by atoms with Crippen LogP contribution < -0.4 is 5.73 Å². The molecule has 0 aromatic heterocycles. The van der Waals surface area contributed by atoms with E-state index in [-0.39, 0.29) is 0 Å². The Kier molecular flexibility index (Phi) is 15.7. The van der Waals surface area contributed by atoms with Crippen molar-refractivity contribution in [2.45, 2.75) is 84.0 Å². The van der Waals surface area contributed by atoms with E-state index < -0.39 is 0 Å². The summed E-state index contributed by atoms with van der Waals surface area (Å²) < 4.78 is 0. The lowest BCUT2D eigenvalue weighted by Crippen LogP contribution is -2.10. The maximum Gasteiger partial charge on any atom is 0.0242 e. The molecular weight excluding hydrogens is 250 g/mol. The average Bonchev–Trinajstić information content (AvgIpc) is 2.43. The summed E-state index contributed by atoms with van der Waals surface area (Å²) in [5.74, 6) is 0. The molecule has 0 spiro atoms. The quantitative estimate of drug-likeness (QED) is 0.256. The second-order valence-corrected chi connectivity index (χ2v) is 5.95. The first-order valence-electron chi connectivity index (χ1n) is 8.18. The van der Waals surface area contributed by atoms with E-state index in [4.69, 9.17) is 18.0 Å². The molecule has 2 heteroatoms. The summed E-state index contributed by atoms with van der Waals surface area (Å²) in [6, 6.07) is 0. The molecule has 0 rings (SSSR count). The second kappa shape index (κ2) is 15.8. The molecule has 0 saturated carbocycles. The zero-order valence-electron chi connectivity index (χ0n) is 12.8. The lowest BCUT2D eigenvalue weighted by Gasteiger charge is -2.00. The zero-order valence-corrected chi connectivity index (χ0v) is 13.6. The van der Waals surface area contributed by atoms with Crippen LogP contribution in [0.5, 0.6) is 0 Å². The molecule has 0 fully saturated rings. The molecule has 1 nitrogen and oxygen atoms in total. The third-order valence-electron chi connectivity index (χ3n) is 3.45. The molecular formula is C17H33NS. The van der Waals surface area contributed by atoms with Crippen molar-refractivity contribution in [3.8, 4) is 0 Å². The Hall–Kier alpha value is -0.210. The molecule has 112 valence electrons. The predicted octanol–water partition coefficient (Wildman–Crippen LogP) is 5.57. The summed E-state index contributed by atoms with van der Waals surface area (Å²) in [4.78, 5) is 1.03. The Bertz CT molecular complexity index is 223. The van der Waals surface area contributed by atoms with Crippen LogP contribution in [-0.4, -0.2) is 11.4 Å². The number of rotatable bonds is 14. The van der Waals surface area contributed by atoms with E-state index in [1.54, 1.807) is 0 Å². The Morgan fingerprint density at radius 1 is 0.842 bits per heavy atom. The first-order chi connectivity index (χ1) is 9.31. The van der Waals surface area contributed by atoms with E-state index in [1.807, 2.05) is 0 Å². The fourth-order valence-electron chi connectivity index (χ4n) is 2.14. The van der Waals surface area contributed by atoms with Gasteiger partial charge in [-0.25, -0.2) is 0 Å². The number of hydrogen-bond donors (Lipinski definition) is 1. The minimum Gasteiger partial charge on any atom is -0.326 e. The van der Waals surface area contributed by atoms with Crippen LogP contribution in [0.25, 0.3) is 0 Å². The summed E-state index contributed by atoms with van der Waals surface area (Å²) in [6.45, 7) is 2.85. The monoisotopic (exact) mass is 283 g/mol. The van der Waals surface area contributed by atoms with Gasteiger partial charge < -0.3 is 5.73 Å². The molecule has 0 radical (unpaired) electrons. The van der Waals surface area contributed by atoms with Crippen LogP contribution >= 0.6 is 12.2 Å². The van der Waals surface area contributed by atoms with E-state index >= 15 is 0 Å². The molecule has 0 aliphatic rings. The van der Waals surface area contributed by atoms with E-state index in [2.05, 4.69) is 19.1 Å². The summed E-state index contributed by atoms with van der Waals surface area (Å²) in [5.41, 5.74) is 5.47. The normalized spacial score (nSPS) is 11.3. The number of nitrogens with two attached hydrogens (primary N) is 1. The molecule has 19 heavy (non-hydrogen) atoms. The van der Waals surface area contributed by atoms with E-state index in [0.29, 0.717) is 6.54 Å². The number of allylic oxidation sites excluding steroid dienone is 2. The topological polar surface area (TPSA) is 26.0 Å². The fraction of sp³-hybridized carbons (Fsp3) is 0.824. The van der Waals surface area contributed by atoms with Crippen molar-refractivity contribution in [2.75, 3.05) is 6.54 Å². The Labute approximate surface area is 126 Å². The van der Waals surface area contributed by atoms with Gasteiger partial charge in [-0.05, 0) is 38.5 Å². The van der Waals surface area contributed by atoms with Gasteiger partial charge in [0.2, 0.25) is 0 Å². The first kappa shape index (κ1) is 18.8. The summed E-state index contributed by atoms with van der Waals surface area (Å²) in [7, 11) is 0.